The van der Waals surface area contributed by atoms with Crippen LogP contribution in [0.1, 0.15) is 45.8 Å². The molecule has 10 heteroatoms. The standard InChI is InChI=1S/C16H24FN3O6/c1-3-4-5-6-7-25-16(24)19-13-10(17)8-20(15(23)18-13)14-12(22)11(21)9(2)26-14/h8-9,11-12,14,21-22H,3-7H2,1-2H3,(H,18,19,23,24)/t9-,11-,12-,14-/m1/s1. The molecule has 0 radical (unpaired) electrons. The second-order valence-electron chi connectivity index (χ2n) is 6.16. The number of hydrogen-bond acceptors (Lipinski definition) is 7. The third kappa shape index (κ3) is 4.77. The fourth-order valence-corrected chi connectivity index (χ4v) is 2.60. The molecule has 3 N–H and O–H groups in total. The van der Waals surface area contributed by atoms with Crippen molar-refractivity contribution in [1.29, 1.82) is 0 Å². The van der Waals surface area contributed by atoms with Gasteiger partial charge in [0.25, 0.3) is 0 Å². The van der Waals surface area contributed by atoms with Crippen molar-refractivity contribution in [2.45, 2.75) is 64.1 Å². The van der Waals surface area contributed by atoms with E-state index in [1.807, 2.05) is 0 Å². The average Bonchev–Trinajstić information content (AvgIpc) is 2.85. The minimum Gasteiger partial charge on any atom is -0.449 e. The summed E-state index contributed by atoms with van der Waals surface area (Å²) in [4.78, 5) is 27.2. The summed E-state index contributed by atoms with van der Waals surface area (Å²) in [7, 11) is 0. The van der Waals surface area contributed by atoms with E-state index in [1.165, 1.54) is 6.92 Å². The van der Waals surface area contributed by atoms with Crippen LogP contribution in [0, 0.1) is 5.82 Å². The number of amides is 1. The number of hydrogen-bond donors (Lipinski definition) is 3. The first-order chi connectivity index (χ1) is 12.3. The van der Waals surface area contributed by atoms with Crippen LogP contribution in [0.5, 0.6) is 0 Å². The zero-order valence-corrected chi connectivity index (χ0v) is 14.7. The Labute approximate surface area is 149 Å². The van der Waals surface area contributed by atoms with Crippen molar-refractivity contribution in [2.24, 2.45) is 0 Å². The highest BCUT2D eigenvalue weighted by atomic mass is 19.1. The van der Waals surface area contributed by atoms with Crippen LogP contribution in [-0.4, -0.2) is 50.8 Å². The minimum atomic E-state index is -1.41. The van der Waals surface area contributed by atoms with E-state index in [1.54, 1.807) is 0 Å². The second-order valence-corrected chi connectivity index (χ2v) is 6.16. The number of nitrogens with zero attached hydrogens (tertiary/aromatic N) is 2. The lowest BCUT2D eigenvalue weighted by Gasteiger charge is -2.17. The van der Waals surface area contributed by atoms with E-state index in [0.717, 1.165) is 30.0 Å². The Hall–Kier alpha value is -2.04. The normalized spacial score (nSPS) is 25.3. The molecule has 0 bridgehead atoms. The van der Waals surface area contributed by atoms with Crippen LogP contribution in [0.2, 0.25) is 0 Å². The average molecular weight is 373 g/mol. The van der Waals surface area contributed by atoms with E-state index < -0.39 is 48.0 Å². The van der Waals surface area contributed by atoms with E-state index in [4.69, 9.17) is 9.47 Å². The van der Waals surface area contributed by atoms with Gasteiger partial charge in [0.15, 0.2) is 17.9 Å². The Bertz CT molecular complexity index is 682. The molecular formula is C16H24FN3O6. The molecule has 1 aliphatic rings. The molecule has 146 valence electrons. The van der Waals surface area contributed by atoms with Crippen LogP contribution in [0.3, 0.4) is 0 Å². The number of aliphatic hydroxyl groups excluding tert-OH is 2. The number of nitrogens with one attached hydrogen (secondary N) is 1. The number of halogens is 1. The fraction of sp³-hybridized carbons (Fsp3) is 0.688. The third-order valence-corrected chi connectivity index (χ3v) is 4.11. The maximum Gasteiger partial charge on any atom is 0.412 e. The van der Waals surface area contributed by atoms with Gasteiger partial charge in [-0.1, -0.05) is 26.2 Å². The molecule has 1 fully saturated rings. The van der Waals surface area contributed by atoms with Crippen LogP contribution in [-0.2, 0) is 9.47 Å². The van der Waals surface area contributed by atoms with E-state index in [2.05, 4.69) is 17.2 Å². The molecule has 1 aromatic rings. The fourth-order valence-electron chi connectivity index (χ4n) is 2.60. The molecule has 4 atom stereocenters. The Morgan fingerprint density at radius 2 is 2.12 bits per heavy atom. The summed E-state index contributed by atoms with van der Waals surface area (Å²) >= 11 is 0. The van der Waals surface area contributed by atoms with Gasteiger partial charge in [0, 0.05) is 0 Å². The SMILES string of the molecule is CCCCCCOC(=O)Nc1nc(=O)n([C@@H]2O[C@H](C)[C@@H](O)[C@H]2O)cc1F. The summed E-state index contributed by atoms with van der Waals surface area (Å²) in [5.41, 5.74) is -0.949. The predicted octanol–water partition coefficient (Wildman–Crippen LogP) is 1.15. The molecule has 0 saturated carbocycles. The van der Waals surface area contributed by atoms with Crippen molar-refractivity contribution in [1.82, 2.24) is 9.55 Å². The van der Waals surface area contributed by atoms with Crippen LogP contribution in [0.4, 0.5) is 15.0 Å². The van der Waals surface area contributed by atoms with Crippen LogP contribution in [0.25, 0.3) is 0 Å². The summed E-state index contributed by atoms with van der Waals surface area (Å²) < 4.78 is 25.0. The Morgan fingerprint density at radius 3 is 2.73 bits per heavy atom. The minimum absolute atomic E-state index is 0.183. The van der Waals surface area contributed by atoms with Crippen LogP contribution >= 0.6 is 0 Å². The highest BCUT2D eigenvalue weighted by molar-refractivity contribution is 5.83. The summed E-state index contributed by atoms with van der Waals surface area (Å²) in [5.74, 6) is -1.58. The summed E-state index contributed by atoms with van der Waals surface area (Å²) in [6.45, 7) is 3.75. The summed E-state index contributed by atoms with van der Waals surface area (Å²) in [5, 5.41) is 21.7. The van der Waals surface area contributed by atoms with E-state index >= 15 is 0 Å². The molecule has 1 aromatic heterocycles. The first-order valence-electron chi connectivity index (χ1n) is 8.59. The number of aromatic nitrogens is 2. The first-order valence-corrected chi connectivity index (χ1v) is 8.59. The number of aliphatic hydroxyl groups is 2. The van der Waals surface area contributed by atoms with Gasteiger partial charge in [-0.15, -0.1) is 0 Å². The van der Waals surface area contributed by atoms with Crippen molar-refractivity contribution in [2.75, 3.05) is 11.9 Å². The Kier molecular flexibility index (Phi) is 7.06. The van der Waals surface area contributed by atoms with E-state index in [9.17, 15) is 24.2 Å². The monoisotopic (exact) mass is 373 g/mol. The molecule has 1 aliphatic heterocycles. The smallest absolute Gasteiger partial charge is 0.412 e. The van der Waals surface area contributed by atoms with E-state index in [-0.39, 0.29) is 6.61 Å². The molecule has 0 aliphatic carbocycles. The molecule has 1 amide bonds. The topological polar surface area (TPSA) is 123 Å². The van der Waals surface area contributed by atoms with E-state index in [0.29, 0.717) is 6.42 Å². The van der Waals surface area contributed by atoms with Gasteiger partial charge in [-0.2, -0.15) is 4.98 Å². The first kappa shape index (κ1) is 20.3. The number of anilines is 1. The molecule has 2 heterocycles. The number of unbranched alkanes of at least 4 members (excludes halogenated alkanes) is 3. The molecule has 26 heavy (non-hydrogen) atoms. The van der Waals surface area contributed by atoms with Gasteiger partial charge in [-0.25, -0.2) is 14.0 Å². The second kappa shape index (κ2) is 9.06. The predicted molar refractivity (Wildman–Crippen MR) is 89.2 cm³/mol. The quantitative estimate of drug-likeness (QED) is 0.613. The third-order valence-electron chi connectivity index (χ3n) is 4.11. The van der Waals surface area contributed by atoms with Crippen LogP contribution in [0.15, 0.2) is 11.0 Å². The van der Waals surface area contributed by atoms with Gasteiger partial charge in [-0.05, 0) is 13.3 Å². The van der Waals surface area contributed by atoms with Gasteiger partial charge in [0.2, 0.25) is 0 Å². The largest absolute Gasteiger partial charge is 0.449 e. The van der Waals surface area contributed by atoms with Gasteiger partial charge >= 0.3 is 11.8 Å². The molecule has 2 rings (SSSR count). The lowest BCUT2D eigenvalue weighted by Crippen LogP contribution is -2.36. The number of carbonyl (C=O) groups is 1. The number of ether oxygens (including phenoxy) is 2. The zero-order chi connectivity index (χ0) is 19.3. The lowest BCUT2D eigenvalue weighted by molar-refractivity contribution is -0.0355. The molecule has 0 aromatic carbocycles. The molecule has 0 unspecified atom stereocenters. The van der Waals surface area contributed by atoms with Gasteiger partial charge in [-0.3, -0.25) is 9.88 Å². The van der Waals surface area contributed by atoms with Crippen LogP contribution < -0.4 is 11.0 Å². The summed E-state index contributed by atoms with van der Waals surface area (Å²) in [6.07, 6.45) is -1.09. The van der Waals surface area contributed by atoms with Crippen molar-refractivity contribution in [3.05, 3.63) is 22.5 Å². The van der Waals surface area contributed by atoms with Crippen molar-refractivity contribution < 1.29 is 28.9 Å². The maximum absolute atomic E-state index is 14.2. The van der Waals surface area contributed by atoms with Gasteiger partial charge in [0.05, 0.1) is 18.9 Å². The number of carbonyl (C=O) groups excluding carboxylic acids is 1. The molecule has 1 saturated heterocycles. The highest BCUT2D eigenvalue weighted by Gasteiger charge is 2.42. The maximum atomic E-state index is 14.2. The van der Waals surface area contributed by atoms with Crippen molar-refractivity contribution >= 4 is 11.9 Å². The molecule has 0 spiro atoms. The Morgan fingerprint density at radius 1 is 1.38 bits per heavy atom. The Balaban J connectivity index is 2.01. The van der Waals surface area contributed by atoms with Gasteiger partial charge < -0.3 is 19.7 Å². The molecular weight excluding hydrogens is 349 g/mol. The highest BCUT2D eigenvalue weighted by Crippen LogP contribution is 2.28. The zero-order valence-electron chi connectivity index (χ0n) is 14.7. The lowest BCUT2D eigenvalue weighted by atomic mass is 10.1. The summed E-state index contributed by atoms with van der Waals surface area (Å²) in [6, 6.07) is 0. The van der Waals surface area contributed by atoms with Gasteiger partial charge in [0.1, 0.15) is 12.2 Å². The van der Waals surface area contributed by atoms with Crippen molar-refractivity contribution in [3.63, 3.8) is 0 Å². The molecule has 9 nitrogen and oxygen atoms in total. The van der Waals surface area contributed by atoms with Crippen molar-refractivity contribution in [3.8, 4) is 0 Å². The number of rotatable bonds is 7.